The van der Waals surface area contributed by atoms with Gasteiger partial charge in [0.1, 0.15) is 5.57 Å². The lowest BCUT2D eigenvalue weighted by Crippen LogP contribution is -2.30. The van der Waals surface area contributed by atoms with E-state index in [9.17, 15) is 19.2 Å². The second-order valence-electron chi connectivity index (χ2n) is 9.91. The highest BCUT2D eigenvalue weighted by molar-refractivity contribution is 6.15. The van der Waals surface area contributed by atoms with E-state index < -0.39 is 35.4 Å². The van der Waals surface area contributed by atoms with Crippen molar-refractivity contribution in [1.82, 2.24) is 0 Å². The molecule has 0 N–H and O–H groups in total. The van der Waals surface area contributed by atoms with Crippen molar-refractivity contribution in [2.24, 2.45) is 5.92 Å². The molecular weight excluding hydrogens is 500 g/mol. The van der Waals surface area contributed by atoms with E-state index in [-0.39, 0.29) is 26.4 Å². The lowest BCUT2D eigenvalue weighted by atomic mass is 10.1. The molecule has 0 amide bonds. The van der Waals surface area contributed by atoms with Crippen molar-refractivity contribution < 1.29 is 38.1 Å². The van der Waals surface area contributed by atoms with Crippen LogP contribution < -0.4 is 0 Å². The number of unbranched alkanes of at least 4 members (excludes halogenated alkanes) is 12. The zero-order valence-electron chi connectivity index (χ0n) is 25.1. The van der Waals surface area contributed by atoms with Crippen LogP contribution in [0.2, 0.25) is 0 Å². The number of carbonyl (C=O) groups excluding carboxylic acids is 4. The summed E-state index contributed by atoms with van der Waals surface area (Å²) < 4.78 is 21.3. The number of esters is 4. The van der Waals surface area contributed by atoms with Gasteiger partial charge in [0.2, 0.25) is 0 Å². The van der Waals surface area contributed by atoms with Crippen molar-refractivity contribution in [2.75, 3.05) is 26.4 Å². The van der Waals surface area contributed by atoms with Crippen molar-refractivity contribution in [1.29, 1.82) is 0 Å². The Labute approximate surface area is 236 Å². The molecule has 0 aliphatic carbocycles. The standard InChI is InChI=1S/C31H54O8/c1-5-9-13-17-21-36-28(32)26(29(33)37-22-18-14-10-6-2)25-27(30(34)38-23-19-15-11-7-3)31(35)39-24-20-16-12-8-4/h25-26H,5-24H2,1-4H3. The van der Waals surface area contributed by atoms with Crippen molar-refractivity contribution in [2.45, 2.75) is 130 Å². The first kappa shape index (κ1) is 36.6. The third-order valence-corrected chi connectivity index (χ3v) is 6.23. The number of carbonyl (C=O) groups is 4. The number of ether oxygens (including phenoxy) is 4. The van der Waals surface area contributed by atoms with E-state index in [4.69, 9.17) is 18.9 Å². The molecule has 0 rings (SSSR count). The lowest BCUT2D eigenvalue weighted by Gasteiger charge is -2.15. The SMILES string of the molecule is CCCCCCOC(=O)C(=CC(C(=O)OCCCCCC)C(=O)OCCCCCC)C(=O)OCCCCCC. The zero-order chi connectivity index (χ0) is 29.1. The molecule has 0 atom stereocenters. The molecule has 0 aromatic heterocycles. The van der Waals surface area contributed by atoms with E-state index in [2.05, 4.69) is 27.7 Å². The van der Waals surface area contributed by atoms with Crippen molar-refractivity contribution in [3.05, 3.63) is 11.6 Å². The Balaban J connectivity index is 5.65. The second-order valence-corrected chi connectivity index (χ2v) is 9.91. The van der Waals surface area contributed by atoms with Gasteiger partial charge in [-0.1, -0.05) is 105 Å². The van der Waals surface area contributed by atoms with E-state index >= 15 is 0 Å². The zero-order valence-corrected chi connectivity index (χ0v) is 25.1. The summed E-state index contributed by atoms with van der Waals surface area (Å²) in [5.74, 6) is -5.09. The van der Waals surface area contributed by atoms with Gasteiger partial charge in [0.15, 0.2) is 5.92 Å². The highest BCUT2D eigenvalue weighted by Gasteiger charge is 2.32. The Bertz CT molecular complexity index is 647. The first-order valence-electron chi connectivity index (χ1n) is 15.3. The first-order valence-corrected chi connectivity index (χ1v) is 15.3. The van der Waals surface area contributed by atoms with Gasteiger partial charge in [-0.15, -0.1) is 0 Å². The predicted molar refractivity (Wildman–Crippen MR) is 152 cm³/mol. The highest BCUT2D eigenvalue weighted by atomic mass is 16.6. The molecule has 0 radical (unpaired) electrons. The lowest BCUT2D eigenvalue weighted by molar-refractivity contribution is -0.159. The van der Waals surface area contributed by atoms with Crippen molar-refractivity contribution in [3.63, 3.8) is 0 Å². The summed E-state index contributed by atoms with van der Waals surface area (Å²) in [6.45, 7) is 8.87. The third-order valence-electron chi connectivity index (χ3n) is 6.23. The fraction of sp³-hybridized carbons (Fsp3) is 0.806. The smallest absolute Gasteiger partial charge is 0.345 e. The first-order chi connectivity index (χ1) is 18.9. The molecule has 8 heteroatoms. The minimum absolute atomic E-state index is 0.133. The van der Waals surface area contributed by atoms with Crippen LogP contribution in [0.1, 0.15) is 130 Å². The molecule has 226 valence electrons. The van der Waals surface area contributed by atoms with Gasteiger partial charge in [-0.25, -0.2) is 9.59 Å². The Morgan fingerprint density at radius 1 is 0.462 bits per heavy atom. The molecule has 0 unspecified atom stereocenters. The van der Waals surface area contributed by atoms with Gasteiger partial charge in [-0.3, -0.25) is 9.59 Å². The normalized spacial score (nSPS) is 10.7. The van der Waals surface area contributed by atoms with Crippen LogP contribution in [0.3, 0.4) is 0 Å². The molecule has 0 aliphatic rings. The summed E-state index contributed by atoms with van der Waals surface area (Å²) in [6.07, 6.45) is 15.4. The topological polar surface area (TPSA) is 105 Å². The molecule has 0 saturated heterocycles. The van der Waals surface area contributed by atoms with E-state index in [1.807, 2.05) is 0 Å². The van der Waals surface area contributed by atoms with Crippen LogP contribution in [-0.2, 0) is 38.1 Å². The fourth-order valence-corrected chi connectivity index (χ4v) is 3.74. The molecule has 0 aromatic carbocycles. The molecular formula is C31H54O8. The maximum absolute atomic E-state index is 12.9. The summed E-state index contributed by atoms with van der Waals surface area (Å²) in [6, 6.07) is 0. The predicted octanol–water partition coefficient (Wildman–Crippen LogP) is 7.02. The molecule has 0 aromatic rings. The average Bonchev–Trinajstić information content (AvgIpc) is 2.92. The average molecular weight is 555 g/mol. The van der Waals surface area contributed by atoms with E-state index in [0.717, 1.165) is 83.1 Å². The van der Waals surface area contributed by atoms with Crippen LogP contribution in [0.4, 0.5) is 0 Å². The molecule has 0 aliphatic heterocycles. The van der Waals surface area contributed by atoms with Crippen LogP contribution in [0.25, 0.3) is 0 Å². The molecule has 0 saturated carbocycles. The highest BCUT2D eigenvalue weighted by Crippen LogP contribution is 2.15. The van der Waals surface area contributed by atoms with Crippen molar-refractivity contribution in [3.8, 4) is 0 Å². The molecule has 0 fully saturated rings. The Morgan fingerprint density at radius 3 is 1.08 bits per heavy atom. The minimum Gasteiger partial charge on any atom is -0.465 e. The van der Waals surface area contributed by atoms with Crippen LogP contribution in [0.5, 0.6) is 0 Å². The summed E-state index contributed by atoms with van der Waals surface area (Å²) in [5.41, 5.74) is -0.475. The molecule has 0 spiro atoms. The number of hydrogen-bond acceptors (Lipinski definition) is 8. The Morgan fingerprint density at radius 2 is 0.769 bits per heavy atom. The molecule has 39 heavy (non-hydrogen) atoms. The van der Waals surface area contributed by atoms with Gasteiger partial charge in [-0.05, 0) is 31.8 Å². The fourth-order valence-electron chi connectivity index (χ4n) is 3.74. The van der Waals surface area contributed by atoms with E-state index in [1.165, 1.54) is 0 Å². The quantitative estimate of drug-likeness (QED) is 0.0296. The molecule has 0 bridgehead atoms. The van der Waals surface area contributed by atoms with Gasteiger partial charge < -0.3 is 18.9 Å². The van der Waals surface area contributed by atoms with Gasteiger partial charge in [0, 0.05) is 0 Å². The van der Waals surface area contributed by atoms with E-state index in [0.29, 0.717) is 25.7 Å². The van der Waals surface area contributed by atoms with Crippen molar-refractivity contribution >= 4 is 23.9 Å². The third kappa shape index (κ3) is 19.3. The summed E-state index contributed by atoms with van der Waals surface area (Å²) in [5, 5.41) is 0. The Kier molecular flexibility index (Phi) is 24.3. The number of hydrogen-bond donors (Lipinski definition) is 0. The Hall–Kier alpha value is -2.38. The second kappa shape index (κ2) is 25.9. The maximum Gasteiger partial charge on any atom is 0.345 e. The maximum atomic E-state index is 12.9. The molecule has 8 nitrogen and oxygen atoms in total. The van der Waals surface area contributed by atoms with Crippen LogP contribution >= 0.6 is 0 Å². The largest absolute Gasteiger partial charge is 0.465 e. The monoisotopic (exact) mass is 554 g/mol. The van der Waals surface area contributed by atoms with Crippen LogP contribution in [0.15, 0.2) is 11.6 Å². The van der Waals surface area contributed by atoms with Gasteiger partial charge in [0.05, 0.1) is 26.4 Å². The van der Waals surface area contributed by atoms with Crippen LogP contribution in [0, 0.1) is 5.92 Å². The number of rotatable bonds is 25. The van der Waals surface area contributed by atoms with Gasteiger partial charge in [-0.2, -0.15) is 0 Å². The van der Waals surface area contributed by atoms with Gasteiger partial charge in [0.25, 0.3) is 0 Å². The van der Waals surface area contributed by atoms with Gasteiger partial charge >= 0.3 is 23.9 Å². The van der Waals surface area contributed by atoms with E-state index in [1.54, 1.807) is 0 Å². The summed E-state index contributed by atoms with van der Waals surface area (Å²) >= 11 is 0. The summed E-state index contributed by atoms with van der Waals surface area (Å²) in [4.78, 5) is 51.7. The van der Waals surface area contributed by atoms with Crippen LogP contribution in [-0.4, -0.2) is 50.3 Å². The minimum atomic E-state index is -1.56. The molecule has 0 heterocycles. The summed E-state index contributed by atoms with van der Waals surface area (Å²) in [7, 11) is 0.